The zero-order chi connectivity index (χ0) is 27.1. The van der Waals surface area contributed by atoms with Crippen molar-refractivity contribution in [3.63, 3.8) is 0 Å². The number of piperazine rings is 1. The van der Waals surface area contributed by atoms with Crippen LogP contribution in [-0.2, 0) is 4.79 Å². The van der Waals surface area contributed by atoms with Crippen LogP contribution in [0.4, 0.5) is 5.69 Å². The molecule has 1 N–H and O–H groups in total. The highest BCUT2D eigenvalue weighted by molar-refractivity contribution is 6.01. The first-order valence-electron chi connectivity index (χ1n) is 13.1. The molecule has 0 saturated carbocycles. The number of amides is 2. The zero-order valence-corrected chi connectivity index (χ0v) is 22.0. The minimum Gasteiger partial charge on any atom is -0.497 e. The summed E-state index contributed by atoms with van der Waals surface area (Å²) in [6.45, 7) is 2.45. The predicted molar refractivity (Wildman–Crippen MR) is 144 cm³/mol. The molecule has 3 aromatic rings. The normalized spacial score (nSPS) is 18.4. The number of ketones is 1. The van der Waals surface area contributed by atoms with E-state index in [4.69, 9.17) is 14.2 Å². The molecule has 0 unspecified atom stereocenters. The third kappa shape index (κ3) is 4.60. The van der Waals surface area contributed by atoms with Gasteiger partial charge in [0, 0.05) is 56.2 Å². The summed E-state index contributed by atoms with van der Waals surface area (Å²) in [4.78, 5) is 46.8. The van der Waals surface area contributed by atoms with Crippen LogP contribution in [0.1, 0.15) is 40.1 Å². The number of carbonyl (C=O) groups is 3. The van der Waals surface area contributed by atoms with Crippen LogP contribution < -0.4 is 24.4 Å². The molecule has 2 saturated heterocycles. The molecule has 202 valence electrons. The number of pyridine rings is 1. The van der Waals surface area contributed by atoms with Crippen molar-refractivity contribution in [2.75, 3.05) is 51.8 Å². The minimum absolute atomic E-state index is 0.0238. The van der Waals surface area contributed by atoms with Crippen molar-refractivity contribution >= 4 is 34.2 Å². The summed E-state index contributed by atoms with van der Waals surface area (Å²) in [5, 5.41) is 3.59. The molecule has 0 radical (unpaired) electrons. The Morgan fingerprint density at radius 1 is 1.03 bits per heavy atom. The molecule has 3 aliphatic heterocycles. The maximum atomic E-state index is 13.4. The highest BCUT2D eigenvalue weighted by atomic mass is 16.5. The Bertz CT molecular complexity index is 1480. The summed E-state index contributed by atoms with van der Waals surface area (Å²) in [6, 6.07) is 12.7. The summed E-state index contributed by atoms with van der Waals surface area (Å²) in [5.74, 6) is 1.61. The molecule has 6 rings (SSSR count). The Balaban J connectivity index is 1.17. The number of aromatic nitrogens is 1. The Morgan fingerprint density at radius 2 is 1.85 bits per heavy atom. The Labute approximate surface area is 225 Å². The average molecular weight is 531 g/mol. The van der Waals surface area contributed by atoms with Crippen LogP contribution in [0, 0.1) is 0 Å². The molecular weight excluding hydrogens is 500 g/mol. The van der Waals surface area contributed by atoms with Crippen LogP contribution >= 0.6 is 0 Å². The van der Waals surface area contributed by atoms with Crippen LogP contribution in [-0.4, -0.2) is 80.0 Å². The van der Waals surface area contributed by atoms with Gasteiger partial charge in [0.15, 0.2) is 5.78 Å². The van der Waals surface area contributed by atoms with E-state index in [-0.39, 0.29) is 30.6 Å². The fraction of sp³-hybridized carbons (Fsp3) is 0.379. The molecule has 2 amide bonds. The first-order chi connectivity index (χ1) is 18.9. The number of benzene rings is 2. The summed E-state index contributed by atoms with van der Waals surface area (Å²) < 4.78 is 17.3. The third-order valence-corrected chi connectivity index (χ3v) is 7.86. The average Bonchev–Trinajstić information content (AvgIpc) is 2.96. The maximum Gasteiger partial charge on any atom is 0.272 e. The molecule has 39 heavy (non-hydrogen) atoms. The van der Waals surface area contributed by atoms with E-state index >= 15 is 0 Å². The molecule has 10 heteroatoms. The van der Waals surface area contributed by atoms with Crippen molar-refractivity contribution < 1.29 is 28.6 Å². The van der Waals surface area contributed by atoms with Gasteiger partial charge >= 0.3 is 0 Å². The lowest BCUT2D eigenvalue weighted by Crippen LogP contribution is -2.52. The van der Waals surface area contributed by atoms with E-state index in [1.165, 1.54) is 0 Å². The lowest BCUT2D eigenvalue weighted by molar-refractivity contribution is -0.120. The molecule has 0 bridgehead atoms. The monoisotopic (exact) mass is 530 g/mol. The second-order valence-electron chi connectivity index (χ2n) is 10.2. The number of carbonyl (C=O) groups excluding carboxylic acids is 3. The van der Waals surface area contributed by atoms with Gasteiger partial charge in [-0.2, -0.15) is 0 Å². The van der Waals surface area contributed by atoms with Gasteiger partial charge in [-0.05, 0) is 36.4 Å². The van der Waals surface area contributed by atoms with Crippen molar-refractivity contribution in [2.45, 2.75) is 24.9 Å². The summed E-state index contributed by atoms with van der Waals surface area (Å²) >= 11 is 0. The molecular formula is C29H30N4O6. The smallest absolute Gasteiger partial charge is 0.272 e. The second-order valence-corrected chi connectivity index (χ2v) is 10.2. The van der Waals surface area contributed by atoms with E-state index in [0.29, 0.717) is 73.0 Å². The van der Waals surface area contributed by atoms with Gasteiger partial charge in [0.05, 0.1) is 38.3 Å². The molecule has 0 atom stereocenters. The topological polar surface area (TPSA) is 110 Å². The number of methoxy groups -OCH3 is 2. The number of ether oxygens (including phenoxy) is 3. The molecule has 3 aliphatic rings. The van der Waals surface area contributed by atoms with Crippen LogP contribution in [0.2, 0.25) is 0 Å². The number of hydrogen-bond donors (Lipinski definition) is 1. The van der Waals surface area contributed by atoms with Crippen molar-refractivity contribution in [1.29, 1.82) is 0 Å². The quantitative estimate of drug-likeness (QED) is 0.549. The molecule has 1 aromatic heterocycles. The maximum absolute atomic E-state index is 13.4. The minimum atomic E-state index is -0.640. The lowest BCUT2D eigenvalue weighted by atomic mass is 9.82. The molecule has 4 heterocycles. The van der Waals surface area contributed by atoms with Gasteiger partial charge in [-0.15, -0.1) is 0 Å². The number of fused-ring (bicyclic) bond motifs is 2. The van der Waals surface area contributed by atoms with Gasteiger partial charge in [0.1, 0.15) is 28.5 Å². The Hall–Kier alpha value is -4.34. The van der Waals surface area contributed by atoms with E-state index in [0.717, 1.165) is 11.1 Å². The van der Waals surface area contributed by atoms with Gasteiger partial charge in [-0.25, -0.2) is 4.98 Å². The fourth-order valence-electron chi connectivity index (χ4n) is 5.68. The van der Waals surface area contributed by atoms with Gasteiger partial charge in [-0.3, -0.25) is 14.4 Å². The third-order valence-electron chi connectivity index (χ3n) is 7.86. The van der Waals surface area contributed by atoms with Gasteiger partial charge in [0.25, 0.3) is 5.91 Å². The van der Waals surface area contributed by atoms with E-state index in [1.54, 1.807) is 31.3 Å². The van der Waals surface area contributed by atoms with Gasteiger partial charge < -0.3 is 29.3 Å². The standard InChI is InChI=1S/C29H30N4O6/c1-37-19-4-5-22-20(14-19)26(38-2)15-23(31-22)28(36)32-10-7-29(8-11-32)16-24(34)21-13-18(3-6-25(21)39-29)33-12-9-30-27(35)17-33/h3-6,13-15H,7-12,16-17H2,1-2H3,(H,30,35). The molecule has 2 fully saturated rings. The number of hydrogen-bond acceptors (Lipinski definition) is 8. The number of nitrogens with one attached hydrogen (secondary N) is 1. The predicted octanol–water partition coefficient (Wildman–Crippen LogP) is 2.83. The van der Waals surface area contributed by atoms with Crippen LogP contribution in [0.3, 0.4) is 0 Å². The number of piperidine rings is 1. The number of rotatable bonds is 4. The Morgan fingerprint density at radius 3 is 2.59 bits per heavy atom. The van der Waals surface area contributed by atoms with Crippen molar-refractivity contribution in [2.24, 2.45) is 0 Å². The number of anilines is 1. The highest BCUT2D eigenvalue weighted by Crippen LogP contribution is 2.41. The van der Waals surface area contributed by atoms with Crippen molar-refractivity contribution in [3.05, 3.63) is 53.7 Å². The number of likely N-dealkylation sites (tertiary alicyclic amines) is 1. The van der Waals surface area contributed by atoms with E-state index in [1.807, 2.05) is 35.2 Å². The number of Topliss-reactive ketones (excluding diaryl/α,β-unsaturated/α-hetero) is 1. The largest absolute Gasteiger partial charge is 0.497 e. The Kier molecular flexibility index (Phi) is 6.25. The summed E-state index contributed by atoms with van der Waals surface area (Å²) in [5.41, 5.74) is 1.71. The van der Waals surface area contributed by atoms with E-state index in [2.05, 4.69) is 10.3 Å². The molecule has 10 nitrogen and oxygen atoms in total. The van der Waals surface area contributed by atoms with E-state index < -0.39 is 5.60 Å². The SMILES string of the molecule is COc1ccc2nc(C(=O)N3CCC4(CC3)CC(=O)c3cc(N5CCNC(=O)C5)ccc3O4)cc(OC)c2c1. The first-order valence-corrected chi connectivity index (χ1v) is 13.1. The van der Waals surface area contributed by atoms with Crippen molar-refractivity contribution in [1.82, 2.24) is 15.2 Å². The van der Waals surface area contributed by atoms with Crippen LogP contribution in [0.5, 0.6) is 17.2 Å². The second kappa shape index (κ2) is 9.76. The summed E-state index contributed by atoms with van der Waals surface area (Å²) in [7, 11) is 3.16. The van der Waals surface area contributed by atoms with Crippen LogP contribution in [0.25, 0.3) is 10.9 Å². The van der Waals surface area contributed by atoms with Crippen LogP contribution in [0.15, 0.2) is 42.5 Å². The highest BCUT2D eigenvalue weighted by Gasteiger charge is 2.44. The first kappa shape index (κ1) is 25.0. The molecule has 0 aliphatic carbocycles. The van der Waals surface area contributed by atoms with Gasteiger partial charge in [0.2, 0.25) is 5.91 Å². The molecule has 2 aromatic carbocycles. The number of nitrogens with zero attached hydrogens (tertiary/aromatic N) is 3. The molecule has 1 spiro atoms. The van der Waals surface area contributed by atoms with Gasteiger partial charge in [-0.1, -0.05) is 0 Å². The zero-order valence-electron chi connectivity index (χ0n) is 22.0. The summed E-state index contributed by atoms with van der Waals surface area (Å²) in [6.07, 6.45) is 1.34. The fourth-order valence-corrected chi connectivity index (χ4v) is 5.68. The van der Waals surface area contributed by atoms with Crippen molar-refractivity contribution in [3.8, 4) is 17.2 Å². The lowest BCUT2D eigenvalue weighted by Gasteiger charge is -2.44. The van der Waals surface area contributed by atoms with E-state index in [9.17, 15) is 14.4 Å².